The molecule has 10 heteroatoms. The number of carbonyl (C=O) groups is 3. The Morgan fingerprint density at radius 3 is 2.17 bits per heavy atom. The van der Waals surface area contributed by atoms with Crippen LogP contribution in [0.5, 0.6) is 0 Å². The molecule has 2 rings (SSSR count). The van der Waals surface area contributed by atoms with Crippen LogP contribution in [0.25, 0.3) is 0 Å². The fraction of sp³-hybridized carbons (Fsp3) is 0.200. The summed E-state index contributed by atoms with van der Waals surface area (Å²) >= 11 is 1.51. The molecule has 0 saturated carbocycles. The summed E-state index contributed by atoms with van der Waals surface area (Å²) in [5, 5.41) is 7.25. The van der Waals surface area contributed by atoms with E-state index in [-0.39, 0.29) is 19.2 Å². The van der Waals surface area contributed by atoms with Gasteiger partial charge in [0.2, 0.25) is 12.4 Å². The van der Waals surface area contributed by atoms with Gasteiger partial charge < -0.3 is 14.8 Å². The number of rotatable bonds is 7. The lowest BCUT2D eigenvalue weighted by molar-refractivity contribution is -0.105. The number of aliphatic imine (C=N–C) groups is 1. The van der Waals surface area contributed by atoms with E-state index in [1.54, 1.807) is 32.0 Å². The van der Waals surface area contributed by atoms with Crippen LogP contribution in [0.3, 0.4) is 0 Å². The second-order valence-electron chi connectivity index (χ2n) is 5.51. The predicted molar refractivity (Wildman–Crippen MR) is 114 cm³/mol. The van der Waals surface area contributed by atoms with Gasteiger partial charge in [0.1, 0.15) is 0 Å². The van der Waals surface area contributed by atoms with Crippen LogP contribution in [0.1, 0.15) is 13.8 Å². The fourth-order valence-corrected chi connectivity index (χ4v) is 3.09. The van der Waals surface area contributed by atoms with E-state index in [1.807, 2.05) is 30.3 Å². The number of hydrogen-bond acceptors (Lipinski definition) is 7. The first-order chi connectivity index (χ1) is 14.5. The number of alkyl carbamates (subject to hydrolysis) is 2. The zero-order valence-electron chi connectivity index (χ0n) is 16.5. The lowest BCUT2D eigenvalue weighted by Crippen LogP contribution is -2.44. The van der Waals surface area contributed by atoms with Crippen LogP contribution in [-0.4, -0.2) is 37.8 Å². The molecule has 0 heterocycles. The highest BCUT2D eigenvalue weighted by atomic mass is 32.2. The average molecular weight is 430 g/mol. The number of hydrogen-bond donors (Lipinski definition) is 3. The van der Waals surface area contributed by atoms with E-state index in [0.29, 0.717) is 17.8 Å². The van der Waals surface area contributed by atoms with Gasteiger partial charge in [-0.1, -0.05) is 30.0 Å². The molecule has 0 bridgehead atoms. The summed E-state index contributed by atoms with van der Waals surface area (Å²) in [6.45, 7) is 3.57. The van der Waals surface area contributed by atoms with Crippen molar-refractivity contribution in [3.05, 3.63) is 48.5 Å². The normalized spacial score (nSPS) is 9.80. The van der Waals surface area contributed by atoms with Crippen LogP contribution in [0.2, 0.25) is 0 Å². The summed E-state index contributed by atoms with van der Waals surface area (Å²) in [4.78, 5) is 40.7. The molecule has 30 heavy (non-hydrogen) atoms. The van der Waals surface area contributed by atoms with Crippen molar-refractivity contribution in [2.24, 2.45) is 4.99 Å². The van der Waals surface area contributed by atoms with E-state index in [9.17, 15) is 14.4 Å². The van der Waals surface area contributed by atoms with E-state index in [0.717, 1.165) is 9.79 Å². The van der Waals surface area contributed by atoms with Gasteiger partial charge in [-0.05, 0) is 44.2 Å². The van der Waals surface area contributed by atoms with Gasteiger partial charge in [0.15, 0.2) is 0 Å². The summed E-state index contributed by atoms with van der Waals surface area (Å²) < 4.78 is 9.63. The molecule has 0 saturated heterocycles. The number of nitrogens with zero attached hydrogens (tertiary/aromatic N) is 1. The third kappa shape index (κ3) is 7.47. The molecule has 0 radical (unpaired) electrons. The molecule has 0 aliphatic carbocycles. The Hall–Kier alpha value is -3.53. The van der Waals surface area contributed by atoms with Crippen molar-refractivity contribution in [1.29, 1.82) is 0 Å². The first-order valence-corrected chi connectivity index (χ1v) is 9.90. The van der Waals surface area contributed by atoms with Crippen molar-refractivity contribution < 1.29 is 23.9 Å². The van der Waals surface area contributed by atoms with Crippen LogP contribution < -0.4 is 16.0 Å². The monoisotopic (exact) mass is 430 g/mol. The SMILES string of the molecule is CCOC(=O)NC(=Nc1ccc(Sc2ccccc2)cc1NC=O)NC(=O)OCC. The third-order valence-corrected chi connectivity index (χ3v) is 4.38. The van der Waals surface area contributed by atoms with E-state index in [2.05, 4.69) is 20.9 Å². The number of benzene rings is 2. The van der Waals surface area contributed by atoms with Gasteiger partial charge >= 0.3 is 12.2 Å². The maximum atomic E-state index is 11.8. The lowest BCUT2D eigenvalue weighted by atomic mass is 10.2. The largest absolute Gasteiger partial charge is 0.450 e. The number of nitrogens with one attached hydrogen (secondary N) is 3. The Morgan fingerprint density at radius 2 is 1.60 bits per heavy atom. The lowest BCUT2D eigenvalue weighted by Gasteiger charge is -2.12. The predicted octanol–water partition coefficient (Wildman–Crippen LogP) is 3.89. The molecule has 0 aliphatic heterocycles. The highest BCUT2D eigenvalue weighted by molar-refractivity contribution is 7.99. The standard InChI is InChI=1S/C20H22N4O5S/c1-3-28-19(26)23-18(24-20(27)29-4-2)22-16-11-10-15(12-17(16)21-13-25)30-14-8-6-5-7-9-14/h5-13H,3-4H2,1-2H3,(H,21,25)(H2,22,23,24,26,27). The Kier molecular flexibility index (Phi) is 9.19. The van der Waals surface area contributed by atoms with Crippen molar-refractivity contribution in [1.82, 2.24) is 10.6 Å². The molecule has 2 aromatic rings. The number of guanidine groups is 1. The van der Waals surface area contributed by atoms with Gasteiger partial charge in [-0.2, -0.15) is 0 Å². The number of ether oxygens (including phenoxy) is 2. The minimum atomic E-state index is -0.797. The smallest absolute Gasteiger partial charge is 0.413 e. The third-order valence-electron chi connectivity index (χ3n) is 3.39. The van der Waals surface area contributed by atoms with Gasteiger partial charge in [-0.15, -0.1) is 0 Å². The fourth-order valence-electron chi connectivity index (χ4n) is 2.22. The Bertz CT molecular complexity index is 883. The number of carbonyl (C=O) groups excluding carboxylic acids is 3. The molecule has 2 aromatic carbocycles. The van der Waals surface area contributed by atoms with Gasteiger partial charge in [0.25, 0.3) is 0 Å². The molecule has 9 nitrogen and oxygen atoms in total. The summed E-state index contributed by atoms with van der Waals surface area (Å²) in [6.07, 6.45) is -1.08. The van der Waals surface area contributed by atoms with Crippen molar-refractivity contribution in [2.45, 2.75) is 23.6 Å². The topological polar surface area (TPSA) is 118 Å². The van der Waals surface area contributed by atoms with Gasteiger partial charge in [0.05, 0.1) is 24.6 Å². The summed E-state index contributed by atoms with van der Waals surface area (Å²) in [6, 6.07) is 14.9. The van der Waals surface area contributed by atoms with E-state index < -0.39 is 12.2 Å². The van der Waals surface area contributed by atoms with E-state index in [1.165, 1.54) is 11.8 Å². The zero-order valence-corrected chi connectivity index (χ0v) is 17.3. The Morgan fingerprint density at radius 1 is 0.967 bits per heavy atom. The number of anilines is 1. The second kappa shape index (κ2) is 12.1. The van der Waals surface area contributed by atoms with Gasteiger partial charge in [0, 0.05) is 9.79 Å². The Balaban J connectivity index is 2.32. The molecule has 3 amide bonds. The van der Waals surface area contributed by atoms with Crippen LogP contribution >= 0.6 is 11.8 Å². The first-order valence-electron chi connectivity index (χ1n) is 9.09. The summed E-state index contributed by atoms with van der Waals surface area (Å²) in [5.74, 6) is -0.204. The Labute approximate surface area is 178 Å². The van der Waals surface area contributed by atoms with Crippen molar-refractivity contribution in [3.63, 3.8) is 0 Å². The molecular formula is C20H22N4O5S. The molecular weight excluding hydrogens is 408 g/mol. The molecule has 0 aromatic heterocycles. The molecule has 158 valence electrons. The zero-order chi connectivity index (χ0) is 21.8. The quantitative estimate of drug-likeness (QED) is 0.348. The maximum absolute atomic E-state index is 11.8. The minimum absolute atomic E-state index is 0.141. The van der Waals surface area contributed by atoms with Crippen LogP contribution in [-0.2, 0) is 14.3 Å². The highest BCUT2D eigenvalue weighted by Crippen LogP contribution is 2.34. The summed E-state index contributed by atoms with van der Waals surface area (Å²) in [7, 11) is 0. The molecule has 0 atom stereocenters. The average Bonchev–Trinajstić information content (AvgIpc) is 2.71. The van der Waals surface area contributed by atoms with Crippen LogP contribution in [0.15, 0.2) is 63.3 Å². The molecule has 0 spiro atoms. The van der Waals surface area contributed by atoms with E-state index >= 15 is 0 Å². The maximum Gasteiger partial charge on any atom is 0.413 e. The van der Waals surface area contributed by atoms with Crippen LogP contribution in [0.4, 0.5) is 21.0 Å². The van der Waals surface area contributed by atoms with Gasteiger partial charge in [-0.25, -0.2) is 14.6 Å². The van der Waals surface area contributed by atoms with Gasteiger partial charge in [-0.3, -0.25) is 15.4 Å². The highest BCUT2D eigenvalue weighted by Gasteiger charge is 2.13. The molecule has 0 aliphatic rings. The second-order valence-corrected chi connectivity index (χ2v) is 6.65. The van der Waals surface area contributed by atoms with Crippen molar-refractivity contribution in [2.75, 3.05) is 18.5 Å². The first kappa shape index (κ1) is 22.8. The number of amides is 3. The van der Waals surface area contributed by atoms with Crippen LogP contribution in [0, 0.1) is 0 Å². The van der Waals surface area contributed by atoms with Crippen molar-refractivity contribution in [3.8, 4) is 0 Å². The summed E-state index contributed by atoms with van der Waals surface area (Å²) in [5.41, 5.74) is 0.697. The molecule has 3 N–H and O–H groups in total. The minimum Gasteiger partial charge on any atom is -0.450 e. The molecule has 0 fully saturated rings. The molecule has 0 unspecified atom stereocenters. The van der Waals surface area contributed by atoms with E-state index in [4.69, 9.17) is 9.47 Å². The van der Waals surface area contributed by atoms with Crippen molar-refractivity contribution >= 4 is 47.7 Å².